The third-order valence-corrected chi connectivity index (χ3v) is 4.43. The Morgan fingerprint density at radius 3 is 3.04 bits per heavy atom. The van der Waals surface area contributed by atoms with Crippen LogP contribution in [-0.4, -0.2) is 49.0 Å². The average Bonchev–Trinajstić information content (AvgIpc) is 2.61. The Kier molecular flexibility index (Phi) is 5.21. The van der Waals surface area contributed by atoms with Gasteiger partial charge in [-0.25, -0.2) is 0 Å². The van der Waals surface area contributed by atoms with Crippen molar-refractivity contribution in [2.75, 3.05) is 31.6 Å². The number of fused-ring (bicyclic) bond motifs is 1. The minimum Gasteiger partial charge on any atom is -0.482 e. The molecule has 7 heteroatoms. The maximum Gasteiger partial charge on any atom is 0.310 e. The molecule has 7 nitrogen and oxygen atoms in total. The fourth-order valence-electron chi connectivity index (χ4n) is 3.18. The van der Waals surface area contributed by atoms with E-state index in [4.69, 9.17) is 9.47 Å². The highest BCUT2D eigenvalue weighted by Crippen LogP contribution is 2.29. The Hall–Kier alpha value is -2.57. The third kappa shape index (κ3) is 4.10. The van der Waals surface area contributed by atoms with Gasteiger partial charge in [0.05, 0.1) is 24.6 Å². The maximum absolute atomic E-state index is 12.6. The third-order valence-electron chi connectivity index (χ3n) is 4.43. The number of benzene rings is 1. The number of rotatable bonds is 4. The first kappa shape index (κ1) is 17.3. The van der Waals surface area contributed by atoms with Crippen LogP contribution in [0.15, 0.2) is 18.2 Å². The molecule has 0 aliphatic carbocycles. The molecule has 1 unspecified atom stereocenters. The van der Waals surface area contributed by atoms with E-state index in [9.17, 15) is 14.4 Å². The largest absolute Gasteiger partial charge is 0.482 e. The number of ether oxygens (including phenoxy) is 2. The van der Waals surface area contributed by atoms with Gasteiger partial charge >= 0.3 is 5.97 Å². The Morgan fingerprint density at radius 2 is 2.24 bits per heavy atom. The van der Waals surface area contributed by atoms with Crippen molar-refractivity contribution in [2.45, 2.75) is 26.2 Å². The van der Waals surface area contributed by atoms with Crippen molar-refractivity contribution in [3.05, 3.63) is 23.8 Å². The number of piperidine rings is 1. The van der Waals surface area contributed by atoms with Crippen LogP contribution < -0.4 is 10.1 Å². The van der Waals surface area contributed by atoms with Crippen LogP contribution in [0.3, 0.4) is 0 Å². The number of hydrogen-bond acceptors (Lipinski definition) is 5. The van der Waals surface area contributed by atoms with Gasteiger partial charge in [-0.1, -0.05) is 6.07 Å². The Balaban J connectivity index is 1.63. The zero-order valence-electron chi connectivity index (χ0n) is 14.2. The zero-order chi connectivity index (χ0) is 17.8. The quantitative estimate of drug-likeness (QED) is 0.832. The highest BCUT2D eigenvalue weighted by Gasteiger charge is 2.29. The molecule has 2 heterocycles. The number of carbonyl (C=O) groups is 3. The summed E-state index contributed by atoms with van der Waals surface area (Å²) in [5, 5.41) is 2.74. The number of nitrogens with one attached hydrogen (secondary N) is 1. The predicted molar refractivity (Wildman–Crippen MR) is 90.2 cm³/mol. The molecule has 0 radical (unpaired) electrons. The lowest BCUT2D eigenvalue weighted by Crippen LogP contribution is -2.43. The van der Waals surface area contributed by atoms with Crippen molar-refractivity contribution in [3.63, 3.8) is 0 Å². The Morgan fingerprint density at radius 1 is 1.40 bits per heavy atom. The highest BCUT2D eigenvalue weighted by molar-refractivity contribution is 5.95. The molecule has 0 spiro atoms. The summed E-state index contributed by atoms with van der Waals surface area (Å²) < 4.78 is 10.4. The number of esters is 1. The Labute approximate surface area is 146 Å². The number of amides is 2. The summed E-state index contributed by atoms with van der Waals surface area (Å²) in [6, 6.07) is 5.34. The standard InChI is InChI=1S/C18H22N2O5/c1-2-24-18(23)13-4-3-7-20(10-13)17(22)9-12-5-6-15-14(8-12)19-16(21)11-25-15/h5-6,8,13H,2-4,7,9-11H2,1H3,(H,19,21). The van der Waals surface area contributed by atoms with Gasteiger partial charge in [0.2, 0.25) is 5.91 Å². The zero-order valence-corrected chi connectivity index (χ0v) is 14.2. The molecule has 25 heavy (non-hydrogen) atoms. The SMILES string of the molecule is CCOC(=O)C1CCCN(C(=O)Cc2ccc3c(c2)NC(=O)CO3)C1. The van der Waals surface area contributed by atoms with Crippen LogP contribution in [0, 0.1) is 5.92 Å². The molecule has 2 amide bonds. The van der Waals surface area contributed by atoms with E-state index < -0.39 is 0 Å². The van der Waals surface area contributed by atoms with Crippen molar-refractivity contribution in [3.8, 4) is 5.75 Å². The van der Waals surface area contributed by atoms with E-state index in [2.05, 4.69) is 5.32 Å². The van der Waals surface area contributed by atoms with Crippen LogP contribution in [0.4, 0.5) is 5.69 Å². The molecule has 0 bridgehead atoms. The van der Waals surface area contributed by atoms with Gasteiger partial charge in [0, 0.05) is 13.1 Å². The lowest BCUT2D eigenvalue weighted by atomic mass is 9.97. The number of anilines is 1. The van der Waals surface area contributed by atoms with Crippen LogP contribution in [-0.2, 0) is 25.5 Å². The summed E-state index contributed by atoms with van der Waals surface area (Å²) in [6.45, 7) is 3.20. The molecular weight excluding hydrogens is 324 g/mol. The normalized spacial score (nSPS) is 19.5. The molecular formula is C18H22N2O5. The fourth-order valence-corrected chi connectivity index (χ4v) is 3.18. The second-order valence-corrected chi connectivity index (χ2v) is 6.28. The number of hydrogen-bond donors (Lipinski definition) is 1. The monoisotopic (exact) mass is 346 g/mol. The summed E-state index contributed by atoms with van der Waals surface area (Å²) in [5.41, 5.74) is 1.39. The van der Waals surface area contributed by atoms with Gasteiger partial charge in [-0.15, -0.1) is 0 Å². The second-order valence-electron chi connectivity index (χ2n) is 6.28. The van der Waals surface area contributed by atoms with Crippen molar-refractivity contribution in [2.24, 2.45) is 5.92 Å². The summed E-state index contributed by atoms with van der Waals surface area (Å²) in [5.74, 6) is -0.0973. The van der Waals surface area contributed by atoms with Crippen LogP contribution in [0.5, 0.6) is 5.75 Å². The van der Waals surface area contributed by atoms with E-state index in [1.807, 2.05) is 6.07 Å². The molecule has 1 N–H and O–H groups in total. The summed E-state index contributed by atoms with van der Waals surface area (Å²) in [4.78, 5) is 37.6. The fraction of sp³-hybridized carbons (Fsp3) is 0.500. The van der Waals surface area contributed by atoms with E-state index in [1.165, 1.54) is 0 Å². The minimum atomic E-state index is -0.242. The van der Waals surface area contributed by atoms with Gasteiger partial charge in [-0.2, -0.15) is 0 Å². The highest BCUT2D eigenvalue weighted by atomic mass is 16.5. The van der Waals surface area contributed by atoms with Gasteiger partial charge < -0.3 is 19.7 Å². The maximum atomic E-state index is 12.6. The molecule has 2 aliphatic heterocycles. The smallest absolute Gasteiger partial charge is 0.310 e. The lowest BCUT2D eigenvalue weighted by molar-refractivity contribution is -0.151. The van der Waals surface area contributed by atoms with E-state index in [-0.39, 0.29) is 36.7 Å². The molecule has 1 atom stereocenters. The second kappa shape index (κ2) is 7.55. The molecule has 1 saturated heterocycles. The van der Waals surface area contributed by atoms with Crippen LogP contribution in [0.1, 0.15) is 25.3 Å². The first-order valence-corrected chi connectivity index (χ1v) is 8.57. The summed E-state index contributed by atoms with van der Waals surface area (Å²) in [6.07, 6.45) is 1.77. The van der Waals surface area contributed by atoms with Crippen molar-refractivity contribution >= 4 is 23.5 Å². The molecule has 2 aliphatic rings. The number of nitrogens with zero attached hydrogens (tertiary/aromatic N) is 1. The van der Waals surface area contributed by atoms with Gasteiger partial charge in [0.25, 0.3) is 5.91 Å². The first-order chi connectivity index (χ1) is 12.1. The number of likely N-dealkylation sites (tertiary alicyclic amines) is 1. The van der Waals surface area contributed by atoms with E-state index in [0.29, 0.717) is 31.1 Å². The lowest BCUT2D eigenvalue weighted by Gasteiger charge is -2.31. The first-order valence-electron chi connectivity index (χ1n) is 8.57. The van der Waals surface area contributed by atoms with Crippen molar-refractivity contribution in [1.82, 2.24) is 4.90 Å². The van der Waals surface area contributed by atoms with Gasteiger partial charge in [-0.05, 0) is 37.5 Å². The van der Waals surface area contributed by atoms with Crippen LogP contribution in [0.25, 0.3) is 0 Å². The summed E-state index contributed by atoms with van der Waals surface area (Å²) >= 11 is 0. The van der Waals surface area contributed by atoms with Crippen LogP contribution >= 0.6 is 0 Å². The average molecular weight is 346 g/mol. The molecule has 1 aromatic rings. The van der Waals surface area contributed by atoms with E-state index in [1.54, 1.807) is 24.0 Å². The molecule has 0 aromatic heterocycles. The molecule has 134 valence electrons. The molecule has 1 aromatic carbocycles. The molecule has 3 rings (SSSR count). The summed E-state index contributed by atoms with van der Waals surface area (Å²) in [7, 11) is 0. The van der Waals surface area contributed by atoms with Gasteiger partial charge in [0.1, 0.15) is 5.75 Å². The van der Waals surface area contributed by atoms with E-state index >= 15 is 0 Å². The minimum absolute atomic E-state index is 0.00824. The van der Waals surface area contributed by atoms with Gasteiger partial charge in [0.15, 0.2) is 6.61 Å². The Bertz CT molecular complexity index is 688. The van der Waals surface area contributed by atoms with Gasteiger partial charge in [-0.3, -0.25) is 14.4 Å². The van der Waals surface area contributed by atoms with Crippen molar-refractivity contribution in [1.29, 1.82) is 0 Å². The molecule has 0 saturated carbocycles. The van der Waals surface area contributed by atoms with E-state index in [0.717, 1.165) is 18.4 Å². The number of carbonyl (C=O) groups excluding carboxylic acids is 3. The topological polar surface area (TPSA) is 84.9 Å². The van der Waals surface area contributed by atoms with Crippen molar-refractivity contribution < 1.29 is 23.9 Å². The predicted octanol–water partition coefficient (Wildman–Crippen LogP) is 1.36. The van der Waals surface area contributed by atoms with Crippen LogP contribution in [0.2, 0.25) is 0 Å². The molecule has 1 fully saturated rings.